The Kier molecular flexibility index (Phi) is 3.73. The molecule has 0 unspecified atom stereocenters. The van der Waals surface area contributed by atoms with Crippen LogP contribution in [-0.2, 0) is 0 Å². The van der Waals surface area contributed by atoms with E-state index in [1.165, 1.54) is 36.4 Å². The molecule has 158 valence electrons. The van der Waals surface area contributed by atoms with Gasteiger partial charge in [-0.2, -0.15) is 0 Å². The maximum atomic E-state index is 14.0. The Bertz CT molecular complexity index is 1310. The fourth-order valence-electron chi connectivity index (χ4n) is 5.63. The molecule has 0 radical (unpaired) electrons. The van der Waals surface area contributed by atoms with Gasteiger partial charge in [0.2, 0.25) is 0 Å². The SMILES string of the molecule is O=C1c2ccccc2C(=O)C1C1(C2C(=O)c3ccccc3C2=O)C(=O)c2ccccc2C1=O. The molecule has 3 aliphatic carbocycles. The van der Waals surface area contributed by atoms with Gasteiger partial charge in [0.05, 0.1) is 0 Å². The lowest BCUT2D eigenvalue weighted by Crippen LogP contribution is -2.54. The lowest BCUT2D eigenvalue weighted by molar-refractivity contribution is 0.0357. The molecule has 0 N–H and O–H groups in total. The lowest BCUT2D eigenvalue weighted by atomic mass is 9.60. The smallest absolute Gasteiger partial charge is 0.179 e. The number of benzene rings is 3. The van der Waals surface area contributed by atoms with Gasteiger partial charge in [0.15, 0.2) is 34.7 Å². The van der Waals surface area contributed by atoms with Crippen molar-refractivity contribution in [3.63, 3.8) is 0 Å². The molecule has 0 bridgehead atoms. The van der Waals surface area contributed by atoms with E-state index < -0.39 is 52.0 Å². The summed E-state index contributed by atoms with van der Waals surface area (Å²) >= 11 is 0. The summed E-state index contributed by atoms with van der Waals surface area (Å²) in [5.74, 6) is -8.11. The highest BCUT2D eigenvalue weighted by atomic mass is 16.2. The van der Waals surface area contributed by atoms with Crippen LogP contribution in [0.2, 0.25) is 0 Å². The van der Waals surface area contributed by atoms with Gasteiger partial charge in [-0.1, -0.05) is 72.8 Å². The van der Waals surface area contributed by atoms with E-state index >= 15 is 0 Å². The van der Waals surface area contributed by atoms with Crippen LogP contribution in [0, 0.1) is 17.3 Å². The number of carbonyl (C=O) groups excluding carboxylic acids is 6. The van der Waals surface area contributed by atoms with Gasteiger partial charge in [0.1, 0.15) is 17.3 Å². The second-order valence-electron chi connectivity index (χ2n) is 8.49. The third-order valence-electron chi connectivity index (χ3n) is 7.04. The van der Waals surface area contributed by atoms with Crippen LogP contribution in [0.15, 0.2) is 72.8 Å². The first-order valence-corrected chi connectivity index (χ1v) is 10.4. The Morgan fingerprint density at radius 2 is 0.636 bits per heavy atom. The summed E-state index contributed by atoms with van der Waals surface area (Å²) in [4.78, 5) is 82.1. The number of Topliss-reactive ketones (excluding diaryl/α,β-unsaturated/α-hetero) is 6. The molecule has 0 aliphatic heterocycles. The van der Waals surface area contributed by atoms with Crippen LogP contribution >= 0.6 is 0 Å². The molecule has 6 heteroatoms. The molecule has 3 aromatic carbocycles. The van der Waals surface area contributed by atoms with Crippen molar-refractivity contribution in [1.29, 1.82) is 0 Å². The van der Waals surface area contributed by atoms with Crippen molar-refractivity contribution in [1.82, 2.24) is 0 Å². The standard InChI is InChI=1S/C27H14O6/c28-21-13-7-1-2-8-14(13)22(29)19(21)27(25(32)17-11-5-6-12-18(17)26(27)33)20-23(30)15-9-3-4-10-16(15)24(20)31/h1-12,19-20H. The van der Waals surface area contributed by atoms with Crippen LogP contribution in [0.5, 0.6) is 0 Å². The van der Waals surface area contributed by atoms with Gasteiger partial charge >= 0.3 is 0 Å². The zero-order chi connectivity index (χ0) is 23.1. The number of fused-ring (bicyclic) bond motifs is 3. The maximum Gasteiger partial charge on any atom is 0.179 e. The van der Waals surface area contributed by atoms with E-state index in [9.17, 15) is 28.8 Å². The van der Waals surface area contributed by atoms with Crippen molar-refractivity contribution in [3.8, 4) is 0 Å². The molecule has 0 aromatic heterocycles. The van der Waals surface area contributed by atoms with Crippen LogP contribution in [-0.4, -0.2) is 34.7 Å². The Morgan fingerprint density at radius 3 is 0.909 bits per heavy atom. The normalized spacial score (nSPS) is 19.3. The van der Waals surface area contributed by atoms with Crippen LogP contribution in [0.4, 0.5) is 0 Å². The van der Waals surface area contributed by atoms with Crippen molar-refractivity contribution in [2.75, 3.05) is 0 Å². The maximum absolute atomic E-state index is 14.0. The molecule has 0 spiro atoms. The predicted molar refractivity (Wildman–Crippen MR) is 115 cm³/mol. The number of hydrogen-bond acceptors (Lipinski definition) is 6. The van der Waals surface area contributed by atoms with Gasteiger partial charge in [0.25, 0.3) is 0 Å². The fourth-order valence-corrected chi connectivity index (χ4v) is 5.63. The van der Waals surface area contributed by atoms with Gasteiger partial charge in [-0.25, -0.2) is 0 Å². The monoisotopic (exact) mass is 434 g/mol. The summed E-state index contributed by atoms with van der Waals surface area (Å²) < 4.78 is 0. The Morgan fingerprint density at radius 1 is 0.394 bits per heavy atom. The molecule has 0 saturated heterocycles. The van der Waals surface area contributed by atoms with Crippen molar-refractivity contribution in [2.45, 2.75) is 0 Å². The van der Waals surface area contributed by atoms with Gasteiger partial charge < -0.3 is 0 Å². The Balaban J connectivity index is 1.66. The van der Waals surface area contributed by atoms with E-state index in [-0.39, 0.29) is 33.4 Å². The minimum atomic E-state index is -2.45. The molecular weight excluding hydrogens is 420 g/mol. The zero-order valence-corrected chi connectivity index (χ0v) is 17.0. The molecule has 0 saturated carbocycles. The third kappa shape index (κ3) is 2.13. The van der Waals surface area contributed by atoms with E-state index in [1.54, 1.807) is 36.4 Å². The van der Waals surface area contributed by atoms with Gasteiger partial charge in [-0.3, -0.25) is 28.8 Å². The van der Waals surface area contributed by atoms with E-state index in [4.69, 9.17) is 0 Å². The Labute approximate surface area is 187 Å². The molecule has 0 amide bonds. The molecule has 3 aliphatic rings. The number of hydrogen-bond donors (Lipinski definition) is 0. The molecule has 0 atom stereocenters. The zero-order valence-electron chi connectivity index (χ0n) is 17.0. The highest BCUT2D eigenvalue weighted by Gasteiger charge is 2.71. The molecule has 3 aromatic rings. The quantitative estimate of drug-likeness (QED) is 0.573. The van der Waals surface area contributed by atoms with Crippen molar-refractivity contribution in [3.05, 3.63) is 106 Å². The van der Waals surface area contributed by atoms with E-state index in [0.29, 0.717) is 0 Å². The first kappa shape index (κ1) is 19.4. The summed E-state index contributed by atoms with van der Waals surface area (Å²) in [5, 5.41) is 0. The number of rotatable bonds is 2. The largest absolute Gasteiger partial charge is 0.293 e. The predicted octanol–water partition coefficient (Wildman–Crippen LogP) is 3.44. The minimum Gasteiger partial charge on any atom is -0.293 e. The lowest BCUT2D eigenvalue weighted by Gasteiger charge is -2.34. The second-order valence-corrected chi connectivity index (χ2v) is 8.49. The molecular formula is C27H14O6. The summed E-state index contributed by atoms with van der Waals surface area (Å²) in [5.41, 5.74) is -2.11. The van der Waals surface area contributed by atoms with Gasteiger partial charge in [0, 0.05) is 33.4 Å². The fraction of sp³-hybridized carbons (Fsp3) is 0.111. The molecule has 0 heterocycles. The first-order valence-electron chi connectivity index (χ1n) is 10.4. The van der Waals surface area contributed by atoms with Crippen LogP contribution in [0.3, 0.4) is 0 Å². The van der Waals surface area contributed by atoms with E-state index in [0.717, 1.165) is 0 Å². The summed E-state index contributed by atoms with van der Waals surface area (Å²) in [7, 11) is 0. The highest BCUT2D eigenvalue weighted by Crippen LogP contribution is 2.55. The van der Waals surface area contributed by atoms with E-state index in [1.807, 2.05) is 0 Å². The van der Waals surface area contributed by atoms with Crippen molar-refractivity contribution in [2.24, 2.45) is 17.3 Å². The van der Waals surface area contributed by atoms with E-state index in [2.05, 4.69) is 0 Å². The van der Waals surface area contributed by atoms with Crippen LogP contribution in [0.25, 0.3) is 0 Å². The Hall–Kier alpha value is -4.32. The molecule has 6 rings (SSSR count). The van der Waals surface area contributed by atoms with Crippen LogP contribution in [0.1, 0.15) is 62.1 Å². The van der Waals surface area contributed by atoms with Crippen LogP contribution < -0.4 is 0 Å². The van der Waals surface area contributed by atoms with Crippen molar-refractivity contribution < 1.29 is 28.8 Å². The number of ketones is 6. The molecule has 6 nitrogen and oxygen atoms in total. The average Bonchev–Trinajstić information content (AvgIpc) is 3.34. The number of carbonyl (C=O) groups is 6. The topological polar surface area (TPSA) is 102 Å². The van der Waals surface area contributed by atoms with Crippen molar-refractivity contribution >= 4 is 34.7 Å². The highest BCUT2D eigenvalue weighted by molar-refractivity contribution is 6.43. The average molecular weight is 434 g/mol. The first-order chi connectivity index (χ1) is 15.9. The summed E-state index contributed by atoms with van der Waals surface area (Å²) in [6.07, 6.45) is 0. The van der Waals surface area contributed by atoms with Gasteiger partial charge in [-0.15, -0.1) is 0 Å². The summed E-state index contributed by atoms with van der Waals surface area (Å²) in [6.45, 7) is 0. The minimum absolute atomic E-state index is 0.00983. The summed E-state index contributed by atoms with van der Waals surface area (Å²) in [6, 6.07) is 18.1. The van der Waals surface area contributed by atoms with Gasteiger partial charge in [-0.05, 0) is 0 Å². The molecule has 33 heavy (non-hydrogen) atoms. The third-order valence-corrected chi connectivity index (χ3v) is 7.04. The molecule has 0 fully saturated rings. The second kappa shape index (κ2) is 6.36.